The molecule has 3 aromatic carbocycles. The second kappa shape index (κ2) is 9.89. The van der Waals surface area contributed by atoms with Gasteiger partial charge in [-0.05, 0) is 61.0 Å². The van der Waals surface area contributed by atoms with Crippen LogP contribution in [0, 0.1) is 6.92 Å². The number of ether oxygens (including phenoxy) is 3. The normalized spacial score (nSPS) is 10.7. The topological polar surface area (TPSA) is 87.0 Å². The molecule has 7 nitrogen and oxygen atoms in total. The molecule has 34 heavy (non-hydrogen) atoms. The van der Waals surface area contributed by atoms with Gasteiger partial charge in [-0.1, -0.05) is 23.7 Å². The molecule has 174 valence electrons. The zero-order valence-electron chi connectivity index (χ0n) is 18.8. The van der Waals surface area contributed by atoms with Crippen LogP contribution < -0.4 is 25.0 Å². The van der Waals surface area contributed by atoms with Crippen molar-refractivity contribution in [1.29, 1.82) is 0 Å². The SMILES string of the molecule is COc1ccc(-c2oc3ccccc3c(=O)c2OCC(=O)Nc2ccc(Cl)cc2C)cc1OC. The zero-order chi connectivity index (χ0) is 24.2. The van der Waals surface area contributed by atoms with Crippen molar-refractivity contribution in [3.63, 3.8) is 0 Å². The van der Waals surface area contributed by atoms with Gasteiger partial charge in [0.25, 0.3) is 5.91 Å². The number of anilines is 1. The highest BCUT2D eigenvalue weighted by molar-refractivity contribution is 6.30. The van der Waals surface area contributed by atoms with Gasteiger partial charge in [-0.2, -0.15) is 0 Å². The van der Waals surface area contributed by atoms with Crippen molar-refractivity contribution < 1.29 is 23.4 Å². The molecule has 0 saturated heterocycles. The molecule has 0 atom stereocenters. The highest BCUT2D eigenvalue weighted by Crippen LogP contribution is 2.36. The van der Waals surface area contributed by atoms with Gasteiger partial charge in [0.2, 0.25) is 11.2 Å². The number of benzene rings is 3. The smallest absolute Gasteiger partial charge is 0.262 e. The Bertz CT molecular complexity index is 1430. The summed E-state index contributed by atoms with van der Waals surface area (Å²) < 4.78 is 22.5. The average Bonchev–Trinajstić information content (AvgIpc) is 2.84. The number of rotatable bonds is 7. The first-order valence-electron chi connectivity index (χ1n) is 10.4. The second-order valence-electron chi connectivity index (χ2n) is 7.45. The summed E-state index contributed by atoms with van der Waals surface area (Å²) in [6.07, 6.45) is 0. The standard InChI is InChI=1S/C26H22ClNO6/c1-15-12-17(27)9-10-19(15)28-23(29)14-33-26-24(30)18-6-4-5-7-20(18)34-25(26)16-8-11-21(31-2)22(13-16)32-3/h4-13H,14H2,1-3H3,(H,28,29). The average molecular weight is 480 g/mol. The summed E-state index contributed by atoms with van der Waals surface area (Å²) in [6, 6.07) is 17.1. The van der Waals surface area contributed by atoms with E-state index in [1.54, 1.807) is 60.7 Å². The molecule has 0 aliphatic carbocycles. The van der Waals surface area contributed by atoms with E-state index in [1.807, 2.05) is 6.92 Å². The maximum atomic E-state index is 13.3. The van der Waals surface area contributed by atoms with E-state index >= 15 is 0 Å². The van der Waals surface area contributed by atoms with Crippen LogP contribution in [0.1, 0.15) is 5.56 Å². The van der Waals surface area contributed by atoms with Gasteiger partial charge in [-0.3, -0.25) is 9.59 Å². The van der Waals surface area contributed by atoms with Crippen molar-refractivity contribution in [2.45, 2.75) is 6.92 Å². The molecule has 4 rings (SSSR count). The number of carbonyl (C=O) groups excluding carboxylic acids is 1. The molecule has 0 radical (unpaired) electrons. The summed E-state index contributed by atoms with van der Waals surface area (Å²) in [6.45, 7) is 1.43. The lowest BCUT2D eigenvalue weighted by molar-refractivity contribution is -0.118. The van der Waals surface area contributed by atoms with Crippen molar-refractivity contribution in [3.8, 4) is 28.6 Å². The Labute approximate surface area is 200 Å². The Kier molecular flexibility index (Phi) is 6.75. The quantitative estimate of drug-likeness (QED) is 0.379. The van der Waals surface area contributed by atoms with Crippen molar-refractivity contribution in [3.05, 3.63) is 81.5 Å². The molecule has 0 aliphatic heterocycles. The molecule has 0 aliphatic rings. The fourth-order valence-electron chi connectivity index (χ4n) is 3.51. The second-order valence-corrected chi connectivity index (χ2v) is 7.89. The van der Waals surface area contributed by atoms with Crippen LogP contribution in [0.3, 0.4) is 0 Å². The minimum Gasteiger partial charge on any atom is -0.493 e. The number of halogens is 1. The molecule has 0 unspecified atom stereocenters. The highest BCUT2D eigenvalue weighted by atomic mass is 35.5. The molecule has 1 aromatic heterocycles. The number of hydrogen-bond acceptors (Lipinski definition) is 6. The van der Waals surface area contributed by atoms with Crippen molar-refractivity contribution >= 4 is 34.2 Å². The monoisotopic (exact) mass is 479 g/mol. The summed E-state index contributed by atoms with van der Waals surface area (Å²) in [5.74, 6) is 0.651. The maximum absolute atomic E-state index is 13.3. The van der Waals surface area contributed by atoms with E-state index in [1.165, 1.54) is 14.2 Å². The number of nitrogens with one attached hydrogen (secondary N) is 1. The Morgan fingerprint density at radius 3 is 2.50 bits per heavy atom. The number of fused-ring (bicyclic) bond motifs is 1. The lowest BCUT2D eigenvalue weighted by Gasteiger charge is -2.14. The van der Waals surface area contributed by atoms with Crippen LogP contribution in [0.15, 0.2) is 69.9 Å². The fraction of sp³-hybridized carbons (Fsp3) is 0.154. The van der Waals surface area contributed by atoms with Gasteiger partial charge in [0.05, 0.1) is 19.6 Å². The van der Waals surface area contributed by atoms with Crippen molar-refractivity contribution in [1.82, 2.24) is 0 Å². The molecule has 1 amide bonds. The Hall–Kier alpha value is -3.97. The third-order valence-corrected chi connectivity index (χ3v) is 5.45. The van der Waals surface area contributed by atoms with Crippen LogP contribution in [0.4, 0.5) is 5.69 Å². The molecule has 0 saturated carbocycles. The Morgan fingerprint density at radius 1 is 1.00 bits per heavy atom. The Balaban J connectivity index is 1.70. The molecule has 1 N–H and O–H groups in total. The first-order chi connectivity index (χ1) is 16.4. The van der Waals surface area contributed by atoms with Gasteiger partial charge in [-0.15, -0.1) is 0 Å². The van der Waals surface area contributed by atoms with Crippen LogP contribution in [0.25, 0.3) is 22.3 Å². The molecule has 0 fully saturated rings. The minimum atomic E-state index is -0.434. The maximum Gasteiger partial charge on any atom is 0.262 e. The van der Waals surface area contributed by atoms with E-state index in [0.717, 1.165) is 5.56 Å². The molecule has 8 heteroatoms. The van der Waals surface area contributed by atoms with E-state index in [4.69, 9.17) is 30.2 Å². The number of para-hydroxylation sites is 1. The van der Waals surface area contributed by atoms with E-state index in [-0.39, 0.29) is 16.9 Å². The van der Waals surface area contributed by atoms with Gasteiger partial charge in [0.15, 0.2) is 23.9 Å². The minimum absolute atomic E-state index is 0.0751. The first-order valence-corrected chi connectivity index (χ1v) is 10.8. The predicted molar refractivity (Wildman–Crippen MR) is 131 cm³/mol. The lowest BCUT2D eigenvalue weighted by atomic mass is 10.1. The van der Waals surface area contributed by atoms with Crippen LogP contribution >= 0.6 is 11.6 Å². The van der Waals surface area contributed by atoms with Gasteiger partial charge >= 0.3 is 0 Å². The molecule has 1 heterocycles. The number of aryl methyl sites for hydroxylation is 1. The summed E-state index contributed by atoms with van der Waals surface area (Å²) in [5, 5.41) is 3.68. The van der Waals surface area contributed by atoms with E-state index in [2.05, 4.69) is 5.32 Å². The largest absolute Gasteiger partial charge is 0.493 e. The van der Waals surface area contributed by atoms with Crippen LogP contribution in [0.5, 0.6) is 17.2 Å². The van der Waals surface area contributed by atoms with E-state index in [0.29, 0.717) is 38.7 Å². The number of hydrogen-bond donors (Lipinski definition) is 1. The summed E-state index contributed by atoms with van der Waals surface area (Å²) in [5.41, 5.74) is 1.94. The van der Waals surface area contributed by atoms with E-state index in [9.17, 15) is 9.59 Å². The van der Waals surface area contributed by atoms with Gasteiger partial charge in [0.1, 0.15) is 5.58 Å². The number of amides is 1. The van der Waals surface area contributed by atoms with Crippen molar-refractivity contribution in [2.24, 2.45) is 0 Å². The third-order valence-electron chi connectivity index (χ3n) is 5.21. The fourth-order valence-corrected chi connectivity index (χ4v) is 3.74. The van der Waals surface area contributed by atoms with Gasteiger partial charge < -0.3 is 23.9 Å². The van der Waals surface area contributed by atoms with Crippen LogP contribution in [-0.2, 0) is 4.79 Å². The van der Waals surface area contributed by atoms with Crippen LogP contribution in [-0.4, -0.2) is 26.7 Å². The predicted octanol–water partition coefficient (Wildman–Crippen LogP) is 5.46. The molecular weight excluding hydrogens is 458 g/mol. The lowest BCUT2D eigenvalue weighted by Crippen LogP contribution is -2.23. The summed E-state index contributed by atoms with van der Waals surface area (Å²) in [7, 11) is 3.04. The Morgan fingerprint density at radius 2 is 1.76 bits per heavy atom. The summed E-state index contributed by atoms with van der Waals surface area (Å²) >= 11 is 5.98. The number of methoxy groups -OCH3 is 2. The van der Waals surface area contributed by atoms with Gasteiger partial charge in [-0.25, -0.2) is 0 Å². The molecular formula is C26H22ClNO6. The molecule has 0 bridgehead atoms. The highest BCUT2D eigenvalue weighted by Gasteiger charge is 2.20. The molecule has 0 spiro atoms. The third kappa shape index (κ3) is 4.70. The molecule has 4 aromatic rings. The van der Waals surface area contributed by atoms with Crippen molar-refractivity contribution in [2.75, 3.05) is 26.1 Å². The van der Waals surface area contributed by atoms with Gasteiger partial charge in [0, 0.05) is 16.3 Å². The van der Waals surface area contributed by atoms with E-state index < -0.39 is 12.5 Å². The van der Waals surface area contributed by atoms with Crippen LogP contribution in [0.2, 0.25) is 5.02 Å². The first kappa shape index (κ1) is 23.2. The summed E-state index contributed by atoms with van der Waals surface area (Å²) in [4.78, 5) is 25.9. The zero-order valence-corrected chi connectivity index (χ0v) is 19.6. The number of carbonyl (C=O) groups is 1.